The van der Waals surface area contributed by atoms with Crippen molar-refractivity contribution >= 4 is 24.0 Å². The van der Waals surface area contributed by atoms with Gasteiger partial charge in [0.15, 0.2) is 0 Å². The van der Waals surface area contributed by atoms with Crippen LogP contribution in [0.3, 0.4) is 0 Å². The van der Waals surface area contributed by atoms with Gasteiger partial charge in [-0.25, -0.2) is 4.98 Å². The Morgan fingerprint density at radius 2 is 1.73 bits per heavy atom. The summed E-state index contributed by atoms with van der Waals surface area (Å²) in [5, 5.41) is 4.17. The van der Waals surface area contributed by atoms with Crippen LogP contribution in [0.25, 0.3) is 16.9 Å². The standard InChI is InChI=1S/C25H27N5O2.ClH/c1-17-9-10-22-26-18(2)21(30(22)15-17)16-28-11-13-29(14-12-28)25(31)23-19(3)32-27-24(23)20-7-5-4-6-8-20;/h4-10,15H,11-14,16H2,1-3H3;1H. The third-order valence-corrected chi connectivity index (χ3v) is 6.22. The monoisotopic (exact) mass is 465 g/mol. The van der Waals surface area contributed by atoms with Crippen LogP contribution >= 0.6 is 12.4 Å². The topological polar surface area (TPSA) is 66.9 Å². The molecule has 7 nitrogen and oxygen atoms in total. The fourth-order valence-corrected chi connectivity index (χ4v) is 4.40. The molecule has 4 heterocycles. The van der Waals surface area contributed by atoms with E-state index >= 15 is 0 Å². The number of carbonyl (C=O) groups excluding carboxylic acids is 1. The van der Waals surface area contributed by atoms with E-state index in [0.717, 1.165) is 36.5 Å². The molecule has 1 amide bonds. The van der Waals surface area contributed by atoms with Gasteiger partial charge in [0, 0.05) is 44.5 Å². The lowest BCUT2D eigenvalue weighted by atomic mass is 10.0. The highest BCUT2D eigenvalue weighted by atomic mass is 35.5. The van der Waals surface area contributed by atoms with E-state index in [2.05, 4.69) is 46.6 Å². The third-order valence-electron chi connectivity index (χ3n) is 6.22. The van der Waals surface area contributed by atoms with E-state index in [1.165, 1.54) is 11.3 Å². The van der Waals surface area contributed by atoms with Gasteiger partial charge in [0.05, 0.1) is 11.4 Å². The predicted octanol–water partition coefficient (Wildman–Crippen LogP) is 4.29. The maximum Gasteiger partial charge on any atom is 0.259 e. The Morgan fingerprint density at radius 1 is 1.00 bits per heavy atom. The van der Waals surface area contributed by atoms with E-state index in [-0.39, 0.29) is 18.3 Å². The Hall–Kier alpha value is -3.16. The fourth-order valence-electron chi connectivity index (χ4n) is 4.40. The molecule has 33 heavy (non-hydrogen) atoms. The molecule has 0 spiro atoms. The highest BCUT2D eigenvalue weighted by molar-refractivity contribution is 6.00. The summed E-state index contributed by atoms with van der Waals surface area (Å²) in [4.78, 5) is 22.4. The van der Waals surface area contributed by atoms with Crippen LogP contribution in [0.2, 0.25) is 0 Å². The molecule has 4 aromatic rings. The summed E-state index contributed by atoms with van der Waals surface area (Å²) in [6.07, 6.45) is 2.14. The molecule has 0 bridgehead atoms. The summed E-state index contributed by atoms with van der Waals surface area (Å²) in [7, 11) is 0. The zero-order valence-corrected chi connectivity index (χ0v) is 19.9. The maximum atomic E-state index is 13.4. The van der Waals surface area contributed by atoms with Crippen LogP contribution in [0.4, 0.5) is 0 Å². The first-order valence-corrected chi connectivity index (χ1v) is 11.0. The molecule has 0 N–H and O–H groups in total. The molecule has 5 rings (SSSR count). The number of rotatable bonds is 4. The molecule has 1 saturated heterocycles. The number of aromatic nitrogens is 3. The van der Waals surface area contributed by atoms with Crippen molar-refractivity contribution in [1.82, 2.24) is 24.3 Å². The average molecular weight is 466 g/mol. The summed E-state index contributed by atoms with van der Waals surface area (Å²) in [5.74, 6) is 0.553. The number of hydrogen-bond donors (Lipinski definition) is 0. The molecule has 1 aliphatic heterocycles. The van der Waals surface area contributed by atoms with Crippen LogP contribution in [0.5, 0.6) is 0 Å². The first kappa shape index (κ1) is 23.0. The predicted molar refractivity (Wildman–Crippen MR) is 130 cm³/mol. The van der Waals surface area contributed by atoms with Crippen molar-refractivity contribution in [1.29, 1.82) is 0 Å². The Bertz CT molecular complexity index is 1270. The number of fused-ring (bicyclic) bond motifs is 1. The Labute approximate surface area is 199 Å². The summed E-state index contributed by atoms with van der Waals surface area (Å²) < 4.78 is 7.59. The Kier molecular flexibility index (Phi) is 6.54. The summed E-state index contributed by atoms with van der Waals surface area (Å²) in [5.41, 5.74) is 6.54. The van der Waals surface area contributed by atoms with E-state index in [9.17, 15) is 4.79 Å². The molecule has 1 fully saturated rings. The normalized spacial score (nSPS) is 14.5. The minimum atomic E-state index is -0.0103. The van der Waals surface area contributed by atoms with Crippen LogP contribution in [0, 0.1) is 20.8 Å². The number of amides is 1. The summed E-state index contributed by atoms with van der Waals surface area (Å²) >= 11 is 0. The number of imidazole rings is 1. The van der Waals surface area contributed by atoms with Crippen LogP contribution < -0.4 is 0 Å². The van der Waals surface area contributed by atoms with Gasteiger partial charge in [0.1, 0.15) is 22.7 Å². The lowest BCUT2D eigenvalue weighted by Crippen LogP contribution is -2.48. The van der Waals surface area contributed by atoms with Crippen molar-refractivity contribution in [3.8, 4) is 11.3 Å². The quantitative estimate of drug-likeness (QED) is 0.449. The van der Waals surface area contributed by atoms with E-state index in [4.69, 9.17) is 9.51 Å². The zero-order valence-electron chi connectivity index (χ0n) is 19.1. The highest BCUT2D eigenvalue weighted by Gasteiger charge is 2.29. The van der Waals surface area contributed by atoms with Gasteiger partial charge in [-0.15, -0.1) is 12.4 Å². The molecule has 1 aliphatic rings. The zero-order chi connectivity index (χ0) is 22.2. The van der Waals surface area contributed by atoms with E-state index in [1.807, 2.05) is 35.2 Å². The second-order valence-electron chi connectivity index (χ2n) is 8.48. The molecule has 1 aromatic carbocycles. The SMILES string of the molecule is Cc1ccc2nc(C)c(CN3CCN(C(=O)c4c(-c5ccccc5)noc4C)CC3)n2c1.Cl. The Morgan fingerprint density at radius 3 is 2.45 bits per heavy atom. The molecule has 3 aromatic heterocycles. The van der Waals surface area contributed by atoms with E-state index in [0.29, 0.717) is 30.1 Å². The van der Waals surface area contributed by atoms with Gasteiger partial charge in [0.2, 0.25) is 0 Å². The minimum Gasteiger partial charge on any atom is -0.360 e. The van der Waals surface area contributed by atoms with Crippen molar-refractivity contribution in [2.24, 2.45) is 0 Å². The molecule has 0 radical (unpaired) electrons. The molecular formula is C25H28ClN5O2. The van der Waals surface area contributed by atoms with Crippen molar-refractivity contribution < 1.29 is 9.32 Å². The molecule has 8 heteroatoms. The number of benzene rings is 1. The van der Waals surface area contributed by atoms with E-state index < -0.39 is 0 Å². The van der Waals surface area contributed by atoms with Gasteiger partial charge >= 0.3 is 0 Å². The van der Waals surface area contributed by atoms with Gasteiger partial charge in [-0.1, -0.05) is 41.6 Å². The molecule has 0 atom stereocenters. The molecule has 0 saturated carbocycles. The number of carbonyl (C=O) groups is 1. The average Bonchev–Trinajstić information content (AvgIpc) is 3.34. The van der Waals surface area contributed by atoms with Crippen LogP contribution in [-0.4, -0.2) is 56.4 Å². The van der Waals surface area contributed by atoms with Crippen molar-refractivity contribution in [3.63, 3.8) is 0 Å². The second kappa shape index (κ2) is 9.37. The Balaban J connectivity index is 0.00000259. The lowest BCUT2D eigenvalue weighted by molar-refractivity contribution is 0.0625. The molecular weight excluding hydrogens is 438 g/mol. The second-order valence-corrected chi connectivity index (χ2v) is 8.48. The number of piperazine rings is 1. The number of halogens is 1. The number of aryl methyl sites for hydroxylation is 3. The van der Waals surface area contributed by atoms with Gasteiger partial charge in [-0.2, -0.15) is 0 Å². The number of hydrogen-bond acceptors (Lipinski definition) is 5. The van der Waals surface area contributed by atoms with Crippen LogP contribution in [-0.2, 0) is 6.54 Å². The molecule has 172 valence electrons. The van der Waals surface area contributed by atoms with Crippen molar-refractivity contribution in [3.05, 3.63) is 76.9 Å². The van der Waals surface area contributed by atoms with Crippen molar-refractivity contribution in [2.75, 3.05) is 26.2 Å². The highest BCUT2D eigenvalue weighted by Crippen LogP contribution is 2.27. The first-order valence-electron chi connectivity index (χ1n) is 11.0. The van der Waals surface area contributed by atoms with Gasteiger partial charge in [0.25, 0.3) is 5.91 Å². The van der Waals surface area contributed by atoms with Crippen LogP contribution in [0.1, 0.15) is 33.1 Å². The van der Waals surface area contributed by atoms with Crippen molar-refractivity contribution in [2.45, 2.75) is 27.3 Å². The van der Waals surface area contributed by atoms with Gasteiger partial charge < -0.3 is 13.8 Å². The largest absolute Gasteiger partial charge is 0.360 e. The smallest absolute Gasteiger partial charge is 0.259 e. The third kappa shape index (κ3) is 4.38. The van der Waals surface area contributed by atoms with E-state index in [1.54, 1.807) is 6.92 Å². The summed E-state index contributed by atoms with van der Waals surface area (Å²) in [6.45, 7) is 9.76. The van der Waals surface area contributed by atoms with Gasteiger partial charge in [-0.3, -0.25) is 9.69 Å². The minimum absolute atomic E-state index is 0. The molecule has 0 aliphatic carbocycles. The lowest BCUT2D eigenvalue weighted by Gasteiger charge is -2.34. The van der Waals surface area contributed by atoms with Gasteiger partial charge in [-0.05, 0) is 32.4 Å². The first-order chi connectivity index (χ1) is 15.5. The maximum absolute atomic E-state index is 13.4. The van der Waals surface area contributed by atoms with Crippen LogP contribution in [0.15, 0.2) is 53.2 Å². The molecule has 0 unspecified atom stereocenters. The summed E-state index contributed by atoms with van der Waals surface area (Å²) in [6, 6.07) is 13.9. The number of nitrogens with zero attached hydrogens (tertiary/aromatic N) is 5. The number of pyridine rings is 1. The fraction of sp³-hybridized carbons (Fsp3) is 0.320.